The first kappa shape index (κ1) is 13.9. The second-order valence-electron chi connectivity index (χ2n) is 5.43. The minimum Gasteiger partial charge on any atom is -0.360 e. The summed E-state index contributed by atoms with van der Waals surface area (Å²) in [5.74, 6) is 0.110. The largest absolute Gasteiger partial charge is 0.360 e. The van der Waals surface area contributed by atoms with Crippen LogP contribution in [0.15, 0.2) is 24.3 Å². The van der Waals surface area contributed by atoms with Gasteiger partial charge in [0.1, 0.15) is 0 Å². The SMILES string of the molecule is CC(C)N(CC(=O)NC1CC1)c1ccc(CN)cc1. The minimum absolute atomic E-state index is 0.110. The summed E-state index contributed by atoms with van der Waals surface area (Å²) in [4.78, 5) is 14.0. The van der Waals surface area contributed by atoms with Gasteiger partial charge in [-0.2, -0.15) is 0 Å². The van der Waals surface area contributed by atoms with E-state index in [-0.39, 0.29) is 11.9 Å². The molecule has 0 bridgehead atoms. The van der Waals surface area contributed by atoms with Gasteiger partial charge in [0.05, 0.1) is 6.54 Å². The molecule has 3 N–H and O–H groups in total. The predicted molar refractivity (Wildman–Crippen MR) is 78.0 cm³/mol. The first-order valence-electron chi connectivity index (χ1n) is 6.95. The number of benzene rings is 1. The summed E-state index contributed by atoms with van der Waals surface area (Å²) in [6.45, 7) is 5.16. The first-order valence-corrected chi connectivity index (χ1v) is 6.95. The molecule has 0 saturated heterocycles. The van der Waals surface area contributed by atoms with Crippen LogP contribution in [-0.2, 0) is 11.3 Å². The molecule has 2 rings (SSSR count). The number of rotatable bonds is 6. The zero-order valence-electron chi connectivity index (χ0n) is 11.7. The molecule has 1 aromatic carbocycles. The number of amides is 1. The van der Waals surface area contributed by atoms with E-state index in [1.807, 2.05) is 24.3 Å². The Morgan fingerprint density at radius 3 is 2.47 bits per heavy atom. The highest BCUT2D eigenvalue weighted by molar-refractivity contribution is 5.82. The fraction of sp³-hybridized carbons (Fsp3) is 0.533. The highest BCUT2D eigenvalue weighted by Crippen LogP contribution is 2.20. The van der Waals surface area contributed by atoms with Gasteiger partial charge in [-0.1, -0.05) is 12.1 Å². The molecule has 1 fully saturated rings. The maximum absolute atomic E-state index is 11.9. The van der Waals surface area contributed by atoms with Crippen LogP contribution in [0.2, 0.25) is 0 Å². The number of hydrogen-bond donors (Lipinski definition) is 2. The average molecular weight is 261 g/mol. The lowest BCUT2D eigenvalue weighted by atomic mass is 10.1. The van der Waals surface area contributed by atoms with Crippen LogP contribution in [0.5, 0.6) is 0 Å². The van der Waals surface area contributed by atoms with Crippen LogP contribution in [0.3, 0.4) is 0 Å². The van der Waals surface area contributed by atoms with Crippen LogP contribution in [0, 0.1) is 0 Å². The van der Waals surface area contributed by atoms with Crippen LogP contribution in [0.1, 0.15) is 32.3 Å². The van der Waals surface area contributed by atoms with Crippen molar-refractivity contribution < 1.29 is 4.79 Å². The smallest absolute Gasteiger partial charge is 0.239 e. The molecular weight excluding hydrogens is 238 g/mol. The molecule has 1 amide bonds. The Morgan fingerprint density at radius 1 is 1.37 bits per heavy atom. The Morgan fingerprint density at radius 2 is 2.00 bits per heavy atom. The van der Waals surface area contributed by atoms with Gasteiger partial charge in [-0.3, -0.25) is 4.79 Å². The lowest BCUT2D eigenvalue weighted by Crippen LogP contribution is -2.41. The molecule has 104 valence electrons. The number of anilines is 1. The van der Waals surface area contributed by atoms with Crippen LogP contribution in [-0.4, -0.2) is 24.5 Å². The Kier molecular flexibility index (Phi) is 4.43. The molecule has 4 nitrogen and oxygen atoms in total. The third kappa shape index (κ3) is 3.96. The van der Waals surface area contributed by atoms with Crippen LogP contribution in [0.25, 0.3) is 0 Å². The first-order chi connectivity index (χ1) is 9.10. The summed E-state index contributed by atoms with van der Waals surface area (Å²) in [6.07, 6.45) is 2.25. The maximum Gasteiger partial charge on any atom is 0.239 e. The third-order valence-corrected chi connectivity index (χ3v) is 3.38. The fourth-order valence-corrected chi connectivity index (χ4v) is 2.05. The van der Waals surface area contributed by atoms with E-state index >= 15 is 0 Å². The van der Waals surface area contributed by atoms with Gasteiger partial charge in [-0.15, -0.1) is 0 Å². The molecule has 0 radical (unpaired) electrons. The summed E-state index contributed by atoms with van der Waals surface area (Å²) in [5.41, 5.74) is 7.77. The molecule has 1 aromatic rings. The van der Waals surface area contributed by atoms with E-state index in [2.05, 4.69) is 24.1 Å². The summed E-state index contributed by atoms with van der Waals surface area (Å²) in [6, 6.07) is 8.81. The molecule has 0 spiro atoms. The third-order valence-electron chi connectivity index (χ3n) is 3.38. The summed E-state index contributed by atoms with van der Waals surface area (Å²) in [7, 11) is 0. The van der Waals surface area contributed by atoms with E-state index in [1.165, 1.54) is 0 Å². The van der Waals surface area contributed by atoms with Gasteiger partial charge in [-0.25, -0.2) is 0 Å². The number of carbonyl (C=O) groups excluding carboxylic acids is 1. The van der Waals surface area contributed by atoms with Crippen molar-refractivity contribution in [2.45, 2.75) is 45.3 Å². The van der Waals surface area contributed by atoms with Gasteiger partial charge in [-0.05, 0) is 44.4 Å². The molecule has 1 saturated carbocycles. The highest BCUT2D eigenvalue weighted by atomic mass is 16.2. The lowest BCUT2D eigenvalue weighted by molar-refractivity contribution is -0.120. The molecule has 0 unspecified atom stereocenters. The molecule has 0 aromatic heterocycles. The average Bonchev–Trinajstić information content (AvgIpc) is 3.20. The molecule has 0 heterocycles. The molecule has 0 atom stereocenters. The number of nitrogens with two attached hydrogens (primary N) is 1. The number of nitrogens with zero attached hydrogens (tertiary/aromatic N) is 1. The zero-order chi connectivity index (χ0) is 13.8. The summed E-state index contributed by atoms with van der Waals surface area (Å²) in [5, 5.41) is 3.03. The topological polar surface area (TPSA) is 58.4 Å². The van der Waals surface area contributed by atoms with Gasteiger partial charge in [0.25, 0.3) is 0 Å². The van der Waals surface area contributed by atoms with Crippen molar-refractivity contribution in [2.24, 2.45) is 5.73 Å². The van der Waals surface area contributed by atoms with Crippen molar-refractivity contribution in [3.63, 3.8) is 0 Å². The van der Waals surface area contributed by atoms with Crippen molar-refractivity contribution in [3.05, 3.63) is 29.8 Å². The maximum atomic E-state index is 11.9. The van der Waals surface area contributed by atoms with Crippen molar-refractivity contribution in [1.29, 1.82) is 0 Å². The van der Waals surface area contributed by atoms with Gasteiger partial charge < -0.3 is 16.0 Å². The van der Waals surface area contributed by atoms with E-state index in [9.17, 15) is 4.79 Å². The lowest BCUT2D eigenvalue weighted by Gasteiger charge is -2.28. The summed E-state index contributed by atoms with van der Waals surface area (Å²) < 4.78 is 0. The molecule has 0 aliphatic heterocycles. The predicted octanol–water partition coefficient (Wildman–Crippen LogP) is 1.64. The Bertz CT molecular complexity index is 424. The standard InChI is InChI=1S/C15H23N3O/c1-11(2)18(10-15(19)17-13-5-6-13)14-7-3-12(9-16)4-8-14/h3-4,7-8,11,13H,5-6,9-10,16H2,1-2H3,(H,17,19). The van der Waals surface area contributed by atoms with E-state index < -0.39 is 0 Å². The second-order valence-corrected chi connectivity index (χ2v) is 5.43. The Labute approximate surface area is 115 Å². The normalized spacial score (nSPS) is 14.5. The van der Waals surface area contributed by atoms with Crippen LogP contribution in [0.4, 0.5) is 5.69 Å². The van der Waals surface area contributed by atoms with Crippen molar-refractivity contribution in [3.8, 4) is 0 Å². The highest BCUT2D eigenvalue weighted by Gasteiger charge is 2.24. The van der Waals surface area contributed by atoms with Crippen molar-refractivity contribution in [2.75, 3.05) is 11.4 Å². The minimum atomic E-state index is 0.110. The van der Waals surface area contributed by atoms with Crippen LogP contribution < -0.4 is 16.0 Å². The number of hydrogen-bond acceptors (Lipinski definition) is 3. The van der Waals surface area contributed by atoms with Crippen LogP contribution >= 0.6 is 0 Å². The molecule has 4 heteroatoms. The van der Waals surface area contributed by atoms with Crippen molar-refractivity contribution >= 4 is 11.6 Å². The quantitative estimate of drug-likeness (QED) is 0.818. The Balaban J connectivity index is 2.02. The molecule has 19 heavy (non-hydrogen) atoms. The van der Waals surface area contributed by atoms with Gasteiger partial charge in [0.15, 0.2) is 0 Å². The fourth-order valence-electron chi connectivity index (χ4n) is 2.05. The van der Waals surface area contributed by atoms with E-state index in [0.717, 1.165) is 24.1 Å². The zero-order valence-corrected chi connectivity index (χ0v) is 11.7. The second kappa shape index (κ2) is 6.06. The number of nitrogens with one attached hydrogen (secondary N) is 1. The molecule has 1 aliphatic carbocycles. The van der Waals surface area contributed by atoms with Gasteiger partial charge >= 0.3 is 0 Å². The van der Waals surface area contributed by atoms with Crippen molar-refractivity contribution in [1.82, 2.24) is 5.32 Å². The molecule has 1 aliphatic rings. The van der Waals surface area contributed by atoms with E-state index in [4.69, 9.17) is 5.73 Å². The summed E-state index contributed by atoms with van der Waals surface area (Å²) >= 11 is 0. The van der Waals surface area contributed by atoms with E-state index in [1.54, 1.807) is 0 Å². The Hall–Kier alpha value is -1.55. The monoisotopic (exact) mass is 261 g/mol. The van der Waals surface area contributed by atoms with E-state index in [0.29, 0.717) is 19.1 Å². The number of carbonyl (C=O) groups is 1. The van der Waals surface area contributed by atoms with Gasteiger partial charge in [0, 0.05) is 24.3 Å². The van der Waals surface area contributed by atoms with Gasteiger partial charge in [0.2, 0.25) is 5.91 Å². The molecular formula is C15H23N3O.